The molecule has 1 aliphatic heterocycles. The standard InChI is InChI=1S/C18H24N4O3S/c1-5-25-18(24)15-10(2)14-16(19-11(3)20-17(14)26-15)22-8-6-13(7-9-22)21-12(4)23/h13H,5-9H2,1-4H3,(H,21,23). The molecule has 0 saturated carbocycles. The lowest BCUT2D eigenvalue weighted by Crippen LogP contribution is -2.44. The van der Waals surface area contributed by atoms with E-state index in [1.54, 1.807) is 13.8 Å². The van der Waals surface area contributed by atoms with Gasteiger partial charge in [-0.05, 0) is 39.2 Å². The smallest absolute Gasteiger partial charge is 0.348 e. The van der Waals surface area contributed by atoms with Gasteiger partial charge in [-0.25, -0.2) is 14.8 Å². The highest BCUT2D eigenvalue weighted by atomic mass is 32.1. The zero-order valence-electron chi connectivity index (χ0n) is 15.6. The van der Waals surface area contributed by atoms with Gasteiger partial charge in [-0.3, -0.25) is 4.79 Å². The van der Waals surface area contributed by atoms with Crippen molar-refractivity contribution >= 4 is 39.2 Å². The monoisotopic (exact) mass is 376 g/mol. The van der Waals surface area contributed by atoms with Crippen LogP contribution in [0.15, 0.2) is 0 Å². The molecule has 1 fully saturated rings. The number of thiophene rings is 1. The second kappa shape index (κ2) is 7.57. The first kappa shape index (κ1) is 18.6. The van der Waals surface area contributed by atoms with Crippen molar-refractivity contribution in [3.8, 4) is 0 Å². The van der Waals surface area contributed by atoms with Crippen molar-refractivity contribution in [2.24, 2.45) is 0 Å². The van der Waals surface area contributed by atoms with E-state index in [1.165, 1.54) is 11.3 Å². The number of nitrogens with zero attached hydrogens (tertiary/aromatic N) is 3. The molecule has 7 nitrogen and oxygen atoms in total. The van der Waals surface area contributed by atoms with Crippen LogP contribution in [0.4, 0.5) is 5.82 Å². The predicted octanol–water partition coefficient (Wildman–Crippen LogP) is 2.59. The van der Waals surface area contributed by atoms with Crippen molar-refractivity contribution in [2.45, 2.75) is 46.6 Å². The molecule has 26 heavy (non-hydrogen) atoms. The van der Waals surface area contributed by atoms with E-state index in [9.17, 15) is 9.59 Å². The largest absolute Gasteiger partial charge is 0.462 e. The fraction of sp³-hybridized carbons (Fsp3) is 0.556. The summed E-state index contributed by atoms with van der Waals surface area (Å²) in [5, 5.41) is 3.92. The van der Waals surface area contributed by atoms with Gasteiger partial charge >= 0.3 is 5.97 Å². The van der Waals surface area contributed by atoms with E-state index in [0.717, 1.165) is 47.5 Å². The van der Waals surface area contributed by atoms with Crippen LogP contribution in [0, 0.1) is 13.8 Å². The van der Waals surface area contributed by atoms with Crippen molar-refractivity contribution in [2.75, 3.05) is 24.6 Å². The number of anilines is 1. The quantitative estimate of drug-likeness (QED) is 0.826. The lowest BCUT2D eigenvalue weighted by molar-refractivity contribution is -0.119. The number of nitrogens with one attached hydrogen (secondary N) is 1. The minimum Gasteiger partial charge on any atom is -0.462 e. The highest BCUT2D eigenvalue weighted by molar-refractivity contribution is 7.20. The Morgan fingerprint density at radius 1 is 1.27 bits per heavy atom. The van der Waals surface area contributed by atoms with Gasteiger partial charge in [0.1, 0.15) is 21.3 Å². The molecule has 2 aromatic heterocycles. The maximum absolute atomic E-state index is 12.2. The minimum atomic E-state index is -0.305. The van der Waals surface area contributed by atoms with E-state index < -0.39 is 0 Å². The Kier molecular flexibility index (Phi) is 5.41. The van der Waals surface area contributed by atoms with Gasteiger partial charge < -0.3 is 15.0 Å². The van der Waals surface area contributed by atoms with Crippen LogP contribution in [0.5, 0.6) is 0 Å². The fourth-order valence-corrected chi connectivity index (χ4v) is 4.48. The number of aryl methyl sites for hydroxylation is 2. The number of piperidine rings is 1. The molecule has 0 bridgehead atoms. The SMILES string of the molecule is CCOC(=O)c1sc2nc(C)nc(N3CCC(NC(C)=O)CC3)c2c1C. The number of amides is 1. The Morgan fingerprint density at radius 2 is 1.96 bits per heavy atom. The van der Waals surface area contributed by atoms with Gasteiger partial charge in [-0.15, -0.1) is 11.3 Å². The Morgan fingerprint density at radius 3 is 2.58 bits per heavy atom. The number of carbonyl (C=O) groups is 2. The molecule has 0 atom stereocenters. The number of fused-ring (bicyclic) bond motifs is 1. The van der Waals surface area contributed by atoms with E-state index >= 15 is 0 Å². The van der Waals surface area contributed by atoms with Crippen molar-refractivity contribution in [3.63, 3.8) is 0 Å². The zero-order valence-corrected chi connectivity index (χ0v) is 16.4. The molecular formula is C18H24N4O3S. The van der Waals surface area contributed by atoms with Gasteiger partial charge in [0, 0.05) is 26.1 Å². The van der Waals surface area contributed by atoms with Crippen LogP contribution in [0.2, 0.25) is 0 Å². The molecule has 2 aromatic rings. The average Bonchev–Trinajstić information content (AvgIpc) is 2.91. The summed E-state index contributed by atoms with van der Waals surface area (Å²) in [5.41, 5.74) is 0.877. The number of esters is 1. The average molecular weight is 376 g/mol. The predicted molar refractivity (Wildman–Crippen MR) is 102 cm³/mol. The number of ether oxygens (including phenoxy) is 1. The summed E-state index contributed by atoms with van der Waals surface area (Å²) >= 11 is 1.36. The molecule has 0 aliphatic carbocycles. The number of hydrogen-bond donors (Lipinski definition) is 1. The van der Waals surface area contributed by atoms with Crippen LogP contribution >= 0.6 is 11.3 Å². The van der Waals surface area contributed by atoms with Crippen LogP contribution < -0.4 is 10.2 Å². The number of rotatable bonds is 4. The molecule has 1 N–H and O–H groups in total. The lowest BCUT2D eigenvalue weighted by Gasteiger charge is -2.33. The maximum atomic E-state index is 12.2. The third kappa shape index (κ3) is 3.65. The van der Waals surface area contributed by atoms with Gasteiger partial charge in [-0.2, -0.15) is 0 Å². The summed E-state index contributed by atoms with van der Waals surface area (Å²) in [6.07, 6.45) is 1.75. The van der Waals surface area contributed by atoms with Gasteiger partial charge in [0.15, 0.2) is 0 Å². The Hall–Kier alpha value is -2.22. The topological polar surface area (TPSA) is 84.4 Å². The van der Waals surface area contributed by atoms with Crippen LogP contribution in [-0.2, 0) is 9.53 Å². The molecule has 0 aromatic carbocycles. The Balaban J connectivity index is 1.93. The Bertz CT molecular complexity index is 841. The van der Waals surface area contributed by atoms with Gasteiger partial charge in [0.2, 0.25) is 5.91 Å². The van der Waals surface area contributed by atoms with E-state index in [1.807, 2.05) is 13.8 Å². The van der Waals surface area contributed by atoms with Crippen molar-refractivity contribution in [1.82, 2.24) is 15.3 Å². The first-order valence-electron chi connectivity index (χ1n) is 8.87. The van der Waals surface area contributed by atoms with Gasteiger partial charge in [0.25, 0.3) is 0 Å². The third-order valence-corrected chi connectivity index (χ3v) is 5.71. The number of aromatic nitrogens is 2. The van der Waals surface area contributed by atoms with Gasteiger partial charge in [0.05, 0.1) is 12.0 Å². The first-order valence-corrected chi connectivity index (χ1v) is 9.69. The molecule has 0 radical (unpaired) electrons. The van der Waals surface area contributed by atoms with E-state index in [2.05, 4.69) is 20.2 Å². The molecule has 1 aliphatic rings. The van der Waals surface area contributed by atoms with Crippen LogP contribution in [0.3, 0.4) is 0 Å². The summed E-state index contributed by atoms with van der Waals surface area (Å²) in [7, 11) is 0. The van der Waals surface area contributed by atoms with Gasteiger partial charge in [-0.1, -0.05) is 0 Å². The second-order valence-electron chi connectivity index (χ2n) is 6.51. The second-order valence-corrected chi connectivity index (χ2v) is 7.51. The maximum Gasteiger partial charge on any atom is 0.348 e. The highest BCUT2D eigenvalue weighted by Gasteiger charge is 2.26. The molecule has 8 heteroatoms. The summed E-state index contributed by atoms with van der Waals surface area (Å²) in [6.45, 7) is 9.11. The van der Waals surface area contributed by atoms with Crippen LogP contribution in [0.1, 0.15) is 47.7 Å². The lowest BCUT2D eigenvalue weighted by atomic mass is 10.0. The molecule has 3 heterocycles. The third-order valence-electron chi connectivity index (χ3n) is 4.55. The van der Waals surface area contributed by atoms with Crippen LogP contribution in [-0.4, -0.2) is 47.6 Å². The summed E-state index contributed by atoms with van der Waals surface area (Å²) in [6, 6.07) is 0.209. The number of hydrogen-bond acceptors (Lipinski definition) is 7. The molecule has 1 saturated heterocycles. The van der Waals surface area contributed by atoms with Crippen molar-refractivity contribution in [3.05, 3.63) is 16.3 Å². The minimum absolute atomic E-state index is 0.0106. The normalized spacial score (nSPS) is 15.3. The molecular weight excluding hydrogens is 352 g/mol. The molecule has 1 amide bonds. The van der Waals surface area contributed by atoms with Crippen LogP contribution in [0.25, 0.3) is 10.2 Å². The molecule has 140 valence electrons. The van der Waals surface area contributed by atoms with E-state index in [-0.39, 0.29) is 17.9 Å². The summed E-state index contributed by atoms with van der Waals surface area (Å²) < 4.78 is 5.17. The zero-order chi connectivity index (χ0) is 18.8. The highest BCUT2D eigenvalue weighted by Crippen LogP contribution is 2.36. The summed E-state index contributed by atoms with van der Waals surface area (Å²) in [5.74, 6) is 1.27. The summed E-state index contributed by atoms with van der Waals surface area (Å²) in [4.78, 5) is 36.3. The molecule has 0 spiro atoms. The fourth-order valence-electron chi connectivity index (χ4n) is 3.36. The van der Waals surface area contributed by atoms with E-state index in [0.29, 0.717) is 17.3 Å². The number of carbonyl (C=O) groups excluding carboxylic acids is 2. The molecule has 3 rings (SSSR count). The van der Waals surface area contributed by atoms with Crippen molar-refractivity contribution in [1.29, 1.82) is 0 Å². The van der Waals surface area contributed by atoms with Crippen molar-refractivity contribution < 1.29 is 14.3 Å². The van der Waals surface area contributed by atoms with E-state index in [4.69, 9.17) is 4.74 Å². The molecule has 0 unspecified atom stereocenters. The first-order chi connectivity index (χ1) is 12.4. The Labute approximate surface area is 156 Å².